The van der Waals surface area contributed by atoms with E-state index in [0.29, 0.717) is 18.8 Å². The van der Waals surface area contributed by atoms with Crippen molar-refractivity contribution in [2.45, 2.75) is 0 Å². The van der Waals surface area contributed by atoms with E-state index >= 15 is 0 Å². The Bertz CT molecular complexity index is 678. The molecule has 1 aliphatic rings. The van der Waals surface area contributed by atoms with Crippen molar-refractivity contribution in [1.29, 1.82) is 0 Å². The standard InChI is InChI=1S/C16H17N3O2/c20-15(16(21)19-9-7-17-8-10-19)18-14-6-5-12-3-1-2-4-13(12)11-14/h1-6,11,17H,7-10H2,(H,18,20). The zero-order valence-electron chi connectivity index (χ0n) is 11.6. The van der Waals surface area contributed by atoms with Crippen LogP contribution in [-0.4, -0.2) is 42.9 Å². The summed E-state index contributed by atoms with van der Waals surface area (Å²) in [7, 11) is 0. The molecule has 0 aromatic heterocycles. The first-order chi connectivity index (χ1) is 10.2. The minimum absolute atomic E-state index is 0.468. The van der Waals surface area contributed by atoms with Gasteiger partial charge in [-0.05, 0) is 22.9 Å². The molecule has 0 saturated carbocycles. The van der Waals surface area contributed by atoms with Gasteiger partial charge in [0.1, 0.15) is 0 Å². The lowest BCUT2D eigenvalue weighted by Gasteiger charge is -2.26. The van der Waals surface area contributed by atoms with Crippen LogP contribution in [-0.2, 0) is 9.59 Å². The van der Waals surface area contributed by atoms with E-state index in [0.717, 1.165) is 23.9 Å². The number of nitrogens with one attached hydrogen (secondary N) is 2. The number of carbonyl (C=O) groups excluding carboxylic acids is 2. The highest BCUT2D eigenvalue weighted by Gasteiger charge is 2.23. The fourth-order valence-corrected chi connectivity index (χ4v) is 2.46. The molecule has 0 atom stereocenters. The Labute approximate surface area is 122 Å². The van der Waals surface area contributed by atoms with Gasteiger partial charge in [0.2, 0.25) is 0 Å². The largest absolute Gasteiger partial charge is 0.332 e. The van der Waals surface area contributed by atoms with E-state index in [-0.39, 0.29) is 0 Å². The Balaban J connectivity index is 1.71. The third kappa shape index (κ3) is 3.03. The lowest BCUT2D eigenvalue weighted by Crippen LogP contribution is -2.49. The summed E-state index contributed by atoms with van der Waals surface area (Å²) in [5.41, 5.74) is 0.641. The smallest absolute Gasteiger partial charge is 0.313 e. The fraction of sp³-hybridized carbons (Fsp3) is 0.250. The molecule has 1 heterocycles. The molecule has 3 rings (SSSR count). The summed E-state index contributed by atoms with van der Waals surface area (Å²) in [6, 6.07) is 13.5. The van der Waals surface area contributed by atoms with Crippen molar-refractivity contribution in [2.24, 2.45) is 0 Å². The van der Waals surface area contributed by atoms with Gasteiger partial charge in [-0.3, -0.25) is 9.59 Å². The fourth-order valence-electron chi connectivity index (χ4n) is 2.46. The molecule has 0 unspecified atom stereocenters. The highest BCUT2D eigenvalue weighted by Crippen LogP contribution is 2.18. The highest BCUT2D eigenvalue weighted by atomic mass is 16.2. The molecule has 0 radical (unpaired) electrons. The lowest BCUT2D eigenvalue weighted by molar-refractivity contribution is -0.143. The Kier molecular flexibility index (Phi) is 3.83. The molecule has 5 nitrogen and oxygen atoms in total. The summed E-state index contributed by atoms with van der Waals surface area (Å²) in [5, 5.41) is 7.97. The molecule has 2 aromatic rings. The number of amides is 2. The molecule has 1 aliphatic heterocycles. The molecule has 0 aliphatic carbocycles. The van der Waals surface area contributed by atoms with Gasteiger partial charge in [-0.15, -0.1) is 0 Å². The van der Waals surface area contributed by atoms with Gasteiger partial charge in [0, 0.05) is 31.9 Å². The van der Waals surface area contributed by atoms with Gasteiger partial charge in [-0.2, -0.15) is 0 Å². The first-order valence-corrected chi connectivity index (χ1v) is 7.04. The lowest BCUT2D eigenvalue weighted by atomic mass is 10.1. The van der Waals surface area contributed by atoms with Crippen molar-refractivity contribution < 1.29 is 9.59 Å². The first kappa shape index (κ1) is 13.6. The Morgan fingerprint density at radius 3 is 2.48 bits per heavy atom. The number of nitrogens with zero attached hydrogens (tertiary/aromatic N) is 1. The molecule has 2 amide bonds. The highest BCUT2D eigenvalue weighted by molar-refractivity contribution is 6.39. The number of benzene rings is 2. The molecule has 0 bridgehead atoms. The van der Waals surface area contributed by atoms with Gasteiger partial charge in [0.25, 0.3) is 0 Å². The van der Waals surface area contributed by atoms with E-state index in [4.69, 9.17) is 0 Å². The predicted octanol–water partition coefficient (Wildman–Crippen LogP) is 1.21. The van der Waals surface area contributed by atoms with Gasteiger partial charge >= 0.3 is 11.8 Å². The third-order valence-corrected chi connectivity index (χ3v) is 3.61. The monoisotopic (exact) mass is 283 g/mol. The Hall–Kier alpha value is -2.40. The van der Waals surface area contributed by atoms with E-state index in [1.165, 1.54) is 0 Å². The van der Waals surface area contributed by atoms with Crippen LogP contribution >= 0.6 is 0 Å². The SMILES string of the molecule is O=C(Nc1ccc2ccccc2c1)C(=O)N1CCNCC1. The maximum absolute atomic E-state index is 12.1. The van der Waals surface area contributed by atoms with E-state index in [2.05, 4.69) is 10.6 Å². The molecular weight excluding hydrogens is 266 g/mol. The van der Waals surface area contributed by atoms with Crippen LogP contribution < -0.4 is 10.6 Å². The summed E-state index contributed by atoms with van der Waals surface area (Å²) < 4.78 is 0. The first-order valence-electron chi connectivity index (χ1n) is 7.04. The summed E-state index contributed by atoms with van der Waals surface area (Å²) in [5.74, 6) is -1.04. The van der Waals surface area contributed by atoms with Crippen molar-refractivity contribution in [3.63, 3.8) is 0 Å². The molecule has 1 fully saturated rings. The van der Waals surface area contributed by atoms with Gasteiger partial charge in [-0.1, -0.05) is 30.3 Å². The number of hydrogen-bond acceptors (Lipinski definition) is 3. The van der Waals surface area contributed by atoms with Crippen molar-refractivity contribution in [1.82, 2.24) is 10.2 Å². The second-order valence-corrected chi connectivity index (χ2v) is 5.06. The van der Waals surface area contributed by atoms with Crippen molar-refractivity contribution in [2.75, 3.05) is 31.5 Å². The van der Waals surface area contributed by atoms with Gasteiger partial charge in [0.05, 0.1) is 0 Å². The zero-order valence-corrected chi connectivity index (χ0v) is 11.6. The van der Waals surface area contributed by atoms with Crippen molar-refractivity contribution >= 4 is 28.3 Å². The van der Waals surface area contributed by atoms with Crippen LogP contribution in [0.1, 0.15) is 0 Å². The van der Waals surface area contributed by atoms with Crippen LogP contribution in [0.15, 0.2) is 42.5 Å². The van der Waals surface area contributed by atoms with Gasteiger partial charge in [0.15, 0.2) is 0 Å². The van der Waals surface area contributed by atoms with Crippen LogP contribution in [0.5, 0.6) is 0 Å². The number of anilines is 1. The van der Waals surface area contributed by atoms with Gasteiger partial charge < -0.3 is 15.5 Å². The molecule has 0 spiro atoms. The number of hydrogen-bond donors (Lipinski definition) is 2. The zero-order chi connectivity index (χ0) is 14.7. The second-order valence-electron chi connectivity index (χ2n) is 5.06. The topological polar surface area (TPSA) is 61.4 Å². The van der Waals surface area contributed by atoms with Crippen LogP contribution in [0.25, 0.3) is 10.8 Å². The summed E-state index contributed by atoms with van der Waals surface area (Å²) in [6.07, 6.45) is 0. The minimum Gasteiger partial charge on any atom is -0.332 e. The molecule has 5 heteroatoms. The van der Waals surface area contributed by atoms with E-state index in [1.807, 2.05) is 42.5 Å². The number of piperazine rings is 1. The van der Waals surface area contributed by atoms with Crippen molar-refractivity contribution in [3.05, 3.63) is 42.5 Å². The average Bonchev–Trinajstić information content (AvgIpc) is 2.55. The number of carbonyl (C=O) groups is 2. The third-order valence-electron chi connectivity index (χ3n) is 3.61. The molecular formula is C16H17N3O2. The number of rotatable bonds is 1. The van der Waals surface area contributed by atoms with E-state index in [1.54, 1.807) is 4.90 Å². The quantitative estimate of drug-likeness (QED) is 0.773. The van der Waals surface area contributed by atoms with Crippen LogP contribution in [0.3, 0.4) is 0 Å². The van der Waals surface area contributed by atoms with E-state index < -0.39 is 11.8 Å². The minimum atomic E-state index is -0.577. The predicted molar refractivity (Wildman–Crippen MR) is 82.0 cm³/mol. The van der Waals surface area contributed by atoms with Crippen molar-refractivity contribution in [3.8, 4) is 0 Å². The summed E-state index contributed by atoms with van der Waals surface area (Å²) in [4.78, 5) is 25.7. The normalized spacial score (nSPS) is 15.0. The molecule has 108 valence electrons. The van der Waals surface area contributed by atoms with Gasteiger partial charge in [-0.25, -0.2) is 0 Å². The molecule has 21 heavy (non-hydrogen) atoms. The number of fused-ring (bicyclic) bond motifs is 1. The second kappa shape index (κ2) is 5.93. The summed E-state index contributed by atoms with van der Waals surface area (Å²) >= 11 is 0. The van der Waals surface area contributed by atoms with Crippen LogP contribution in [0.2, 0.25) is 0 Å². The Morgan fingerprint density at radius 1 is 1.00 bits per heavy atom. The summed E-state index contributed by atoms with van der Waals surface area (Å²) in [6.45, 7) is 2.61. The van der Waals surface area contributed by atoms with E-state index in [9.17, 15) is 9.59 Å². The Morgan fingerprint density at radius 2 is 1.71 bits per heavy atom. The maximum Gasteiger partial charge on any atom is 0.313 e. The maximum atomic E-state index is 12.1. The molecule has 2 aromatic carbocycles. The molecule has 1 saturated heterocycles. The average molecular weight is 283 g/mol. The molecule has 2 N–H and O–H groups in total. The van der Waals surface area contributed by atoms with Crippen LogP contribution in [0.4, 0.5) is 5.69 Å². The van der Waals surface area contributed by atoms with Crippen LogP contribution in [0, 0.1) is 0 Å².